The van der Waals surface area contributed by atoms with E-state index >= 15 is 0 Å². The van der Waals surface area contributed by atoms with E-state index in [0.717, 1.165) is 26.1 Å². The topological polar surface area (TPSA) is 35.5 Å². The zero-order chi connectivity index (χ0) is 13.1. The third-order valence-corrected chi connectivity index (χ3v) is 4.81. The van der Waals surface area contributed by atoms with Crippen LogP contribution in [-0.2, 0) is 0 Å². The Hall–Kier alpha value is -0.120. The van der Waals surface area contributed by atoms with Gasteiger partial charge in [0.15, 0.2) is 0 Å². The van der Waals surface area contributed by atoms with Gasteiger partial charge in [-0.3, -0.25) is 4.90 Å². The van der Waals surface area contributed by atoms with Gasteiger partial charge in [-0.1, -0.05) is 25.7 Å². The Bertz CT molecular complexity index is 257. The molecule has 0 radical (unpaired) electrons. The molecule has 3 nitrogen and oxygen atoms in total. The van der Waals surface area contributed by atoms with E-state index in [2.05, 4.69) is 17.3 Å². The quantitative estimate of drug-likeness (QED) is 0.753. The number of aliphatic hydroxyl groups is 1. The molecule has 2 fully saturated rings. The molecule has 0 aromatic carbocycles. The highest BCUT2D eigenvalue weighted by atomic mass is 16.3. The molecule has 2 aliphatic rings. The van der Waals surface area contributed by atoms with E-state index in [9.17, 15) is 5.11 Å². The van der Waals surface area contributed by atoms with Crippen LogP contribution in [0.15, 0.2) is 0 Å². The highest BCUT2D eigenvalue weighted by Gasteiger charge is 2.37. The summed E-state index contributed by atoms with van der Waals surface area (Å²) in [7, 11) is 2.08. The van der Waals surface area contributed by atoms with E-state index in [0.29, 0.717) is 5.41 Å². The van der Waals surface area contributed by atoms with Gasteiger partial charge in [-0.15, -0.1) is 0 Å². The van der Waals surface area contributed by atoms with Gasteiger partial charge in [-0.05, 0) is 38.6 Å². The zero-order valence-electron chi connectivity index (χ0n) is 12.2. The average molecular weight is 254 g/mol. The summed E-state index contributed by atoms with van der Waals surface area (Å²) in [5.74, 6) is 0. The number of nitrogens with zero attached hydrogens (tertiary/aromatic N) is 1. The lowest BCUT2D eigenvalue weighted by molar-refractivity contribution is 0.0583. The highest BCUT2D eigenvalue weighted by molar-refractivity contribution is 4.92. The summed E-state index contributed by atoms with van der Waals surface area (Å²) in [6.45, 7) is 6.21. The summed E-state index contributed by atoms with van der Waals surface area (Å²) >= 11 is 0. The third kappa shape index (κ3) is 3.69. The van der Waals surface area contributed by atoms with E-state index in [1.807, 2.05) is 6.92 Å². The van der Waals surface area contributed by atoms with Crippen molar-refractivity contribution >= 4 is 0 Å². The lowest BCUT2D eigenvalue weighted by Gasteiger charge is -2.37. The molecular formula is C15H30N2O. The normalized spacial score (nSPS) is 33.5. The minimum absolute atomic E-state index is 0.450. The van der Waals surface area contributed by atoms with Crippen LogP contribution in [-0.4, -0.2) is 48.8 Å². The van der Waals surface area contributed by atoms with Crippen molar-refractivity contribution in [1.82, 2.24) is 10.2 Å². The van der Waals surface area contributed by atoms with Gasteiger partial charge in [0.1, 0.15) is 0 Å². The van der Waals surface area contributed by atoms with Crippen LogP contribution in [0.2, 0.25) is 0 Å². The number of hydrogen-bond donors (Lipinski definition) is 2. The predicted molar refractivity (Wildman–Crippen MR) is 75.7 cm³/mol. The van der Waals surface area contributed by atoms with Crippen molar-refractivity contribution in [3.63, 3.8) is 0 Å². The molecule has 1 atom stereocenters. The van der Waals surface area contributed by atoms with E-state index in [1.54, 1.807) is 0 Å². The summed E-state index contributed by atoms with van der Waals surface area (Å²) < 4.78 is 0. The first-order valence-corrected chi connectivity index (χ1v) is 7.65. The Balaban J connectivity index is 1.96. The molecule has 1 aliphatic carbocycles. The maximum Gasteiger partial charge on any atom is 0.0758 e. The second-order valence-corrected chi connectivity index (χ2v) is 6.90. The first-order chi connectivity index (χ1) is 8.55. The van der Waals surface area contributed by atoms with E-state index in [4.69, 9.17) is 0 Å². The molecule has 1 unspecified atom stereocenters. The van der Waals surface area contributed by atoms with Crippen molar-refractivity contribution < 1.29 is 5.11 Å². The molecule has 0 aromatic rings. The Morgan fingerprint density at radius 1 is 1.11 bits per heavy atom. The van der Waals surface area contributed by atoms with Crippen LogP contribution in [0.1, 0.15) is 51.9 Å². The maximum atomic E-state index is 10.1. The molecule has 18 heavy (non-hydrogen) atoms. The number of β-amino-alcohol motifs (C(OH)–C–C–N with tert-alkyl or cyclic N) is 1. The van der Waals surface area contributed by atoms with Gasteiger partial charge >= 0.3 is 0 Å². The van der Waals surface area contributed by atoms with Crippen molar-refractivity contribution in [2.24, 2.45) is 5.41 Å². The zero-order valence-corrected chi connectivity index (χ0v) is 12.2. The molecule has 106 valence electrons. The second-order valence-electron chi connectivity index (χ2n) is 6.90. The van der Waals surface area contributed by atoms with E-state index in [-0.39, 0.29) is 0 Å². The Labute approximate surface area is 112 Å². The number of hydrogen-bond acceptors (Lipinski definition) is 3. The molecule has 2 N–H and O–H groups in total. The van der Waals surface area contributed by atoms with Crippen LogP contribution in [0, 0.1) is 5.41 Å². The second kappa shape index (κ2) is 5.89. The fraction of sp³-hybridized carbons (Fsp3) is 1.00. The van der Waals surface area contributed by atoms with Crippen LogP contribution in [0.5, 0.6) is 0 Å². The standard InChI is InChI=1S/C15H30N2O/c1-14(18)9-10-17(12-14)13-15(11-16-2)7-5-3-4-6-8-15/h16,18H,3-13H2,1-2H3. The maximum absolute atomic E-state index is 10.1. The van der Waals surface area contributed by atoms with Gasteiger partial charge in [0.25, 0.3) is 0 Å². The molecular weight excluding hydrogens is 224 g/mol. The lowest BCUT2D eigenvalue weighted by Crippen LogP contribution is -2.43. The number of rotatable bonds is 4. The van der Waals surface area contributed by atoms with Crippen molar-refractivity contribution in [1.29, 1.82) is 0 Å². The van der Waals surface area contributed by atoms with Gasteiger partial charge in [0, 0.05) is 26.2 Å². The van der Waals surface area contributed by atoms with Gasteiger partial charge in [0.05, 0.1) is 5.60 Å². The smallest absolute Gasteiger partial charge is 0.0758 e. The Morgan fingerprint density at radius 2 is 1.78 bits per heavy atom. The van der Waals surface area contributed by atoms with E-state index < -0.39 is 5.60 Å². The molecule has 3 heteroatoms. The summed E-state index contributed by atoms with van der Waals surface area (Å²) in [6.07, 6.45) is 9.21. The molecule has 1 saturated heterocycles. The number of nitrogens with one attached hydrogen (secondary N) is 1. The van der Waals surface area contributed by atoms with Crippen LogP contribution in [0.25, 0.3) is 0 Å². The summed E-state index contributed by atoms with van der Waals surface area (Å²) in [5, 5.41) is 13.5. The monoisotopic (exact) mass is 254 g/mol. The molecule has 0 amide bonds. The molecule has 0 aromatic heterocycles. The Kier molecular flexibility index (Phi) is 4.68. The SMILES string of the molecule is CNCC1(CN2CCC(C)(O)C2)CCCCCC1. The van der Waals surface area contributed by atoms with Gasteiger partial charge < -0.3 is 10.4 Å². The molecule has 1 aliphatic heterocycles. The van der Waals surface area contributed by atoms with Gasteiger partial charge in [-0.2, -0.15) is 0 Å². The van der Waals surface area contributed by atoms with Crippen molar-refractivity contribution in [2.45, 2.75) is 57.5 Å². The Morgan fingerprint density at radius 3 is 2.28 bits per heavy atom. The van der Waals surface area contributed by atoms with E-state index in [1.165, 1.54) is 45.1 Å². The fourth-order valence-electron chi connectivity index (χ4n) is 3.89. The molecule has 1 saturated carbocycles. The van der Waals surface area contributed by atoms with Crippen molar-refractivity contribution in [2.75, 3.05) is 33.2 Å². The van der Waals surface area contributed by atoms with Crippen LogP contribution in [0.4, 0.5) is 0 Å². The first-order valence-electron chi connectivity index (χ1n) is 7.65. The summed E-state index contributed by atoms with van der Waals surface area (Å²) in [5.41, 5.74) is -0.00275. The van der Waals surface area contributed by atoms with Gasteiger partial charge in [-0.25, -0.2) is 0 Å². The van der Waals surface area contributed by atoms with Crippen LogP contribution >= 0.6 is 0 Å². The molecule has 0 spiro atoms. The lowest BCUT2D eigenvalue weighted by atomic mass is 9.79. The molecule has 0 bridgehead atoms. The van der Waals surface area contributed by atoms with Crippen molar-refractivity contribution in [3.05, 3.63) is 0 Å². The highest BCUT2D eigenvalue weighted by Crippen LogP contribution is 2.36. The minimum atomic E-state index is -0.453. The number of likely N-dealkylation sites (tertiary alicyclic amines) is 1. The van der Waals surface area contributed by atoms with Gasteiger partial charge in [0.2, 0.25) is 0 Å². The first kappa shape index (κ1) is 14.3. The van der Waals surface area contributed by atoms with Crippen LogP contribution < -0.4 is 5.32 Å². The fourth-order valence-corrected chi connectivity index (χ4v) is 3.89. The molecule has 1 heterocycles. The van der Waals surface area contributed by atoms with Crippen LogP contribution in [0.3, 0.4) is 0 Å². The summed E-state index contributed by atoms with van der Waals surface area (Å²) in [4.78, 5) is 2.49. The predicted octanol–water partition coefficient (Wildman–Crippen LogP) is 2.00. The molecule has 2 rings (SSSR count). The third-order valence-electron chi connectivity index (χ3n) is 4.81. The minimum Gasteiger partial charge on any atom is -0.389 e. The average Bonchev–Trinajstić information content (AvgIpc) is 2.51. The van der Waals surface area contributed by atoms with Crippen molar-refractivity contribution in [3.8, 4) is 0 Å². The largest absolute Gasteiger partial charge is 0.389 e. The summed E-state index contributed by atoms with van der Waals surface area (Å²) in [6, 6.07) is 0.